The molecule has 0 aromatic rings. The molecule has 2 nitrogen and oxygen atoms in total. The van der Waals surface area contributed by atoms with Crippen LogP contribution >= 0.6 is 0 Å². The number of amides is 1. The maximum atomic E-state index is 10.9. The summed E-state index contributed by atoms with van der Waals surface area (Å²) in [6.45, 7) is 4.42. The molecule has 0 aliphatic heterocycles. The minimum absolute atomic E-state index is 0.0637. The molecular formula is C10H15NO. The van der Waals surface area contributed by atoms with Crippen molar-refractivity contribution in [2.24, 2.45) is 0 Å². The molecule has 12 heavy (non-hydrogen) atoms. The Morgan fingerprint density at radius 2 is 2.00 bits per heavy atom. The molecule has 66 valence electrons. The first kappa shape index (κ1) is 10.7. The third-order valence-corrected chi connectivity index (χ3v) is 1.18. The molecule has 0 radical (unpaired) electrons. The van der Waals surface area contributed by atoms with Gasteiger partial charge in [-0.05, 0) is 13.8 Å². The lowest BCUT2D eigenvalue weighted by molar-refractivity contribution is -0.116. The molecule has 0 rings (SSSR count). The minimum Gasteiger partial charge on any atom is -0.349 e. The van der Waals surface area contributed by atoms with Gasteiger partial charge in [-0.1, -0.05) is 30.4 Å². The number of hydrogen-bond donors (Lipinski definition) is 1. The van der Waals surface area contributed by atoms with E-state index in [4.69, 9.17) is 0 Å². The first-order valence-electron chi connectivity index (χ1n) is 3.99. The van der Waals surface area contributed by atoms with Gasteiger partial charge < -0.3 is 5.32 Å². The average molecular weight is 165 g/mol. The molecule has 1 amide bonds. The van der Waals surface area contributed by atoms with Gasteiger partial charge in [0.05, 0.1) is 0 Å². The molecule has 0 saturated carbocycles. The Bertz CT molecular complexity index is 202. The molecule has 0 heterocycles. The Labute approximate surface area is 73.7 Å². The van der Waals surface area contributed by atoms with Crippen LogP contribution in [0, 0.1) is 0 Å². The second kappa shape index (κ2) is 7.79. The van der Waals surface area contributed by atoms with Crippen molar-refractivity contribution in [2.75, 3.05) is 6.54 Å². The van der Waals surface area contributed by atoms with Crippen molar-refractivity contribution in [1.29, 1.82) is 0 Å². The standard InChI is InChI=1S/C10H15NO/c1-3-5-7-8-10(12)11-9-6-4-2/h3-8H,9H2,1-2H3,(H,11,12)/b5-3+,6-4-,8-7+. The topological polar surface area (TPSA) is 29.1 Å². The van der Waals surface area contributed by atoms with Gasteiger partial charge in [-0.25, -0.2) is 0 Å². The lowest BCUT2D eigenvalue weighted by atomic mass is 10.4. The minimum atomic E-state index is -0.0637. The molecular weight excluding hydrogens is 150 g/mol. The fourth-order valence-electron chi connectivity index (χ4n) is 0.590. The van der Waals surface area contributed by atoms with Crippen LogP contribution in [0.2, 0.25) is 0 Å². The molecule has 0 saturated heterocycles. The molecule has 2 heteroatoms. The molecule has 0 fully saturated rings. The summed E-state index contributed by atoms with van der Waals surface area (Å²) < 4.78 is 0. The van der Waals surface area contributed by atoms with Gasteiger partial charge in [0.2, 0.25) is 5.91 Å². The van der Waals surface area contributed by atoms with E-state index in [1.807, 2.05) is 38.2 Å². The van der Waals surface area contributed by atoms with E-state index in [0.717, 1.165) is 0 Å². The number of allylic oxidation sites excluding steroid dienone is 4. The summed E-state index contributed by atoms with van der Waals surface area (Å²) in [7, 11) is 0. The summed E-state index contributed by atoms with van der Waals surface area (Å²) in [5.74, 6) is -0.0637. The Hall–Kier alpha value is -1.31. The zero-order chi connectivity index (χ0) is 9.23. The van der Waals surface area contributed by atoms with Crippen molar-refractivity contribution in [3.63, 3.8) is 0 Å². The maximum absolute atomic E-state index is 10.9. The lowest BCUT2D eigenvalue weighted by Crippen LogP contribution is -2.20. The third-order valence-electron chi connectivity index (χ3n) is 1.18. The van der Waals surface area contributed by atoms with Crippen molar-refractivity contribution in [3.05, 3.63) is 36.5 Å². The highest BCUT2D eigenvalue weighted by molar-refractivity contribution is 5.87. The lowest BCUT2D eigenvalue weighted by Gasteiger charge is -1.93. The Kier molecular flexibility index (Phi) is 6.94. The van der Waals surface area contributed by atoms with Crippen LogP contribution < -0.4 is 5.32 Å². The van der Waals surface area contributed by atoms with E-state index < -0.39 is 0 Å². The van der Waals surface area contributed by atoms with Crippen LogP contribution in [0.3, 0.4) is 0 Å². The highest BCUT2D eigenvalue weighted by Gasteiger charge is 1.88. The predicted octanol–water partition coefficient (Wildman–Crippen LogP) is 1.81. The second-order valence-corrected chi connectivity index (χ2v) is 2.20. The average Bonchev–Trinajstić information content (AvgIpc) is 2.06. The molecule has 0 unspecified atom stereocenters. The van der Waals surface area contributed by atoms with Gasteiger partial charge in [0, 0.05) is 12.6 Å². The van der Waals surface area contributed by atoms with Gasteiger partial charge in [0.25, 0.3) is 0 Å². The van der Waals surface area contributed by atoms with Crippen molar-refractivity contribution in [3.8, 4) is 0 Å². The van der Waals surface area contributed by atoms with E-state index in [-0.39, 0.29) is 5.91 Å². The van der Waals surface area contributed by atoms with Crippen LogP contribution in [0.15, 0.2) is 36.5 Å². The first-order valence-corrected chi connectivity index (χ1v) is 3.99. The molecule has 0 aliphatic carbocycles. The Balaban J connectivity index is 3.59. The zero-order valence-corrected chi connectivity index (χ0v) is 7.58. The van der Waals surface area contributed by atoms with E-state index in [9.17, 15) is 4.79 Å². The summed E-state index contributed by atoms with van der Waals surface area (Å²) in [4.78, 5) is 10.9. The molecule has 0 aromatic carbocycles. The molecule has 0 aromatic heterocycles. The molecule has 0 atom stereocenters. The van der Waals surface area contributed by atoms with Crippen molar-refractivity contribution in [1.82, 2.24) is 5.32 Å². The van der Waals surface area contributed by atoms with Crippen LogP contribution in [0.25, 0.3) is 0 Å². The van der Waals surface area contributed by atoms with Crippen LogP contribution in [0.5, 0.6) is 0 Å². The van der Waals surface area contributed by atoms with Gasteiger partial charge in [-0.2, -0.15) is 0 Å². The number of rotatable bonds is 4. The quantitative estimate of drug-likeness (QED) is 0.384. The van der Waals surface area contributed by atoms with Crippen LogP contribution in [0.1, 0.15) is 13.8 Å². The van der Waals surface area contributed by atoms with E-state index in [0.29, 0.717) is 6.54 Å². The van der Waals surface area contributed by atoms with Crippen LogP contribution in [-0.4, -0.2) is 12.5 Å². The number of nitrogens with one attached hydrogen (secondary N) is 1. The monoisotopic (exact) mass is 165 g/mol. The van der Waals surface area contributed by atoms with Crippen molar-refractivity contribution < 1.29 is 4.79 Å². The van der Waals surface area contributed by atoms with Crippen molar-refractivity contribution in [2.45, 2.75) is 13.8 Å². The summed E-state index contributed by atoms with van der Waals surface area (Å²) in [6, 6.07) is 0. The van der Waals surface area contributed by atoms with Crippen LogP contribution in [-0.2, 0) is 4.79 Å². The van der Waals surface area contributed by atoms with Crippen molar-refractivity contribution >= 4 is 5.91 Å². The second-order valence-electron chi connectivity index (χ2n) is 2.20. The first-order chi connectivity index (χ1) is 5.81. The normalized spacial score (nSPS) is 11.8. The fraction of sp³-hybridized carbons (Fsp3) is 0.300. The fourth-order valence-corrected chi connectivity index (χ4v) is 0.590. The SMILES string of the molecule is C/C=C\CNC(=O)/C=C/C=C/C. The Morgan fingerprint density at radius 3 is 2.58 bits per heavy atom. The Morgan fingerprint density at radius 1 is 1.25 bits per heavy atom. The summed E-state index contributed by atoms with van der Waals surface area (Å²) in [6.07, 6.45) is 10.7. The van der Waals surface area contributed by atoms with E-state index in [1.165, 1.54) is 6.08 Å². The number of carbonyl (C=O) groups is 1. The van der Waals surface area contributed by atoms with Gasteiger partial charge in [-0.3, -0.25) is 4.79 Å². The third kappa shape index (κ3) is 6.81. The van der Waals surface area contributed by atoms with Gasteiger partial charge in [0.15, 0.2) is 0 Å². The van der Waals surface area contributed by atoms with E-state index >= 15 is 0 Å². The zero-order valence-electron chi connectivity index (χ0n) is 7.58. The van der Waals surface area contributed by atoms with Gasteiger partial charge >= 0.3 is 0 Å². The van der Waals surface area contributed by atoms with E-state index in [1.54, 1.807) is 6.08 Å². The van der Waals surface area contributed by atoms with E-state index in [2.05, 4.69) is 5.32 Å². The highest BCUT2D eigenvalue weighted by atomic mass is 16.1. The summed E-state index contributed by atoms with van der Waals surface area (Å²) in [5, 5.41) is 2.70. The molecule has 0 bridgehead atoms. The smallest absolute Gasteiger partial charge is 0.244 e. The largest absolute Gasteiger partial charge is 0.349 e. The summed E-state index contributed by atoms with van der Waals surface area (Å²) in [5.41, 5.74) is 0. The molecule has 0 aliphatic rings. The highest BCUT2D eigenvalue weighted by Crippen LogP contribution is 1.77. The van der Waals surface area contributed by atoms with Gasteiger partial charge in [0.1, 0.15) is 0 Å². The molecule has 0 spiro atoms. The van der Waals surface area contributed by atoms with Gasteiger partial charge in [-0.15, -0.1) is 0 Å². The maximum Gasteiger partial charge on any atom is 0.244 e. The summed E-state index contributed by atoms with van der Waals surface area (Å²) >= 11 is 0. The number of hydrogen-bond acceptors (Lipinski definition) is 1. The van der Waals surface area contributed by atoms with Crippen LogP contribution in [0.4, 0.5) is 0 Å². The number of carbonyl (C=O) groups excluding carboxylic acids is 1. The molecule has 1 N–H and O–H groups in total. The predicted molar refractivity (Wildman–Crippen MR) is 51.8 cm³/mol.